The molecule has 1 aliphatic heterocycles. The van der Waals surface area contributed by atoms with Crippen molar-refractivity contribution in [1.29, 1.82) is 0 Å². The normalized spacial score (nSPS) is 21.4. The van der Waals surface area contributed by atoms with Gasteiger partial charge in [-0.05, 0) is 37.4 Å². The van der Waals surface area contributed by atoms with Crippen LogP contribution >= 0.6 is 0 Å². The Bertz CT molecular complexity index is 367. The van der Waals surface area contributed by atoms with E-state index in [1.807, 2.05) is 6.07 Å². The molecule has 0 radical (unpaired) electrons. The molecule has 0 bridgehead atoms. The van der Waals surface area contributed by atoms with Gasteiger partial charge in [0.1, 0.15) is 5.69 Å². The monoisotopic (exact) mass is 234 g/mol. The van der Waals surface area contributed by atoms with Crippen LogP contribution in [0.25, 0.3) is 0 Å². The number of hydrogen-bond donors (Lipinski definition) is 1. The molecule has 1 fully saturated rings. The molecule has 0 aliphatic carbocycles. The summed E-state index contributed by atoms with van der Waals surface area (Å²) in [6.07, 6.45) is 3.76. The maximum Gasteiger partial charge on any atom is 0.195 e. The molecule has 2 heterocycles. The lowest BCUT2D eigenvalue weighted by Gasteiger charge is -2.30. The Hall–Kier alpha value is -1.26. The van der Waals surface area contributed by atoms with Crippen LogP contribution in [-0.4, -0.2) is 47.0 Å². The first kappa shape index (κ1) is 12.2. The first-order valence-electron chi connectivity index (χ1n) is 6.07. The number of carbonyl (C=O) groups excluding carboxylic acids is 1. The second-order valence-corrected chi connectivity index (χ2v) is 4.56. The second kappa shape index (κ2) is 5.89. The molecule has 0 spiro atoms. The van der Waals surface area contributed by atoms with Gasteiger partial charge in [-0.15, -0.1) is 0 Å². The van der Waals surface area contributed by atoms with Crippen molar-refractivity contribution >= 4 is 5.78 Å². The molecule has 0 saturated carbocycles. The van der Waals surface area contributed by atoms with E-state index in [1.165, 1.54) is 0 Å². The number of likely N-dealkylation sites (tertiary alicyclic amines) is 1. The Balaban J connectivity index is 1.90. The van der Waals surface area contributed by atoms with Crippen LogP contribution in [0.15, 0.2) is 24.4 Å². The third kappa shape index (κ3) is 3.35. The average molecular weight is 234 g/mol. The van der Waals surface area contributed by atoms with Crippen molar-refractivity contribution in [3.63, 3.8) is 0 Å². The first-order chi connectivity index (χ1) is 8.29. The molecule has 4 nitrogen and oxygen atoms in total. The van der Waals surface area contributed by atoms with Crippen LogP contribution in [0, 0.1) is 5.92 Å². The van der Waals surface area contributed by atoms with E-state index in [1.54, 1.807) is 18.3 Å². The zero-order valence-corrected chi connectivity index (χ0v) is 9.88. The molecular formula is C13H18N2O2. The number of Topliss-reactive ketones (excluding diaryl/α,β-unsaturated/α-hetero) is 1. The lowest BCUT2D eigenvalue weighted by Crippen LogP contribution is -2.40. The number of aromatic nitrogens is 1. The molecule has 1 saturated heterocycles. The highest BCUT2D eigenvalue weighted by Crippen LogP contribution is 2.15. The Labute approximate surface area is 101 Å². The number of nitrogens with zero attached hydrogens (tertiary/aromatic N) is 2. The topological polar surface area (TPSA) is 53.4 Å². The van der Waals surface area contributed by atoms with E-state index >= 15 is 0 Å². The van der Waals surface area contributed by atoms with Crippen molar-refractivity contribution in [2.75, 3.05) is 26.2 Å². The van der Waals surface area contributed by atoms with Crippen LogP contribution in [-0.2, 0) is 0 Å². The molecule has 2 rings (SSSR count). The van der Waals surface area contributed by atoms with E-state index in [-0.39, 0.29) is 12.4 Å². The minimum atomic E-state index is 0.0594. The van der Waals surface area contributed by atoms with Crippen LogP contribution in [0.5, 0.6) is 0 Å². The third-order valence-corrected chi connectivity index (χ3v) is 3.18. The number of aliphatic hydroxyl groups is 1. The molecular weight excluding hydrogens is 216 g/mol. The van der Waals surface area contributed by atoms with Crippen molar-refractivity contribution in [2.24, 2.45) is 5.92 Å². The predicted molar refractivity (Wildman–Crippen MR) is 64.8 cm³/mol. The molecule has 1 aromatic rings. The molecule has 0 aromatic carbocycles. The zero-order valence-electron chi connectivity index (χ0n) is 9.88. The van der Waals surface area contributed by atoms with Gasteiger partial charge in [-0.3, -0.25) is 14.7 Å². The fourth-order valence-corrected chi connectivity index (χ4v) is 2.26. The van der Waals surface area contributed by atoms with Crippen molar-refractivity contribution in [1.82, 2.24) is 9.88 Å². The maximum absolute atomic E-state index is 11.9. The van der Waals surface area contributed by atoms with Crippen LogP contribution < -0.4 is 0 Å². The first-order valence-corrected chi connectivity index (χ1v) is 6.07. The van der Waals surface area contributed by atoms with Crippen molar-refractivity contribution in [3.05, 3.63) is 30.1 Å². The third-order valence-electron chi connectivity index (χ3n) is 3.18. The number of rotatable bonds is 4. The standard InChI is InChI=1S/C13H18N2O2/c16-10-11-4-3-7-15(8-11)9-13(17)12-5-1-2-6-14-12/h1-2,5-6,11,16H,3-4,7-10H2/t11-/m0/s1. The summed E-state index contributed by atoms with van der Waals surface area (Å²) in [6.45, 7) is 2.38. The van der Waals surface area contributed by atoms with Crippen LogP contribution in [0.3, 0.4) is 0 Å². The van der Waals surface area contributed by atoms with Gasteiger partial charge in [0.2, 0.25) is 0 Å². The Morgan fingerprint density at radius 3 is 3.12 bits per heavy atom. The van der Waals surface area contributed by atoms with Gasteiger partial charge < -0.3 is 5.11 Å². The summed E-state index contributed by atoms with van der Waals surface area (Å²) in [4.78, 5) is 18.1. The predicted octanol–water partition coefficient (Wildman–Crippen LogP) is 0.969. The van der Waals surface area contributed by atoms with Gasteiger partial charge in [0.15, 0.2) is 5.78 Å². The van der Waals surface area contributed by atoms with Crippen molar-refractivity contribution < 1.29 is 9.90 Å². The van der Waals surface area contributed by atoms with Gasteiger partial charge in [-0.1, -0.05) is 6.07 Å². The molecule has 0 unspecified atom stereocenters. The van der Waals surface area contributed by atoms with E-state index in [9.17, 15) is 4.79 Å². The summed E-state index contributed by atoms with van der Waals surface area (Å²) in [7, 11) is 0. The van der Waals surface area contributed by atoms with Gasteiger partial charge in [-0.2, -0.15) is 0 Å². The second-order valence-electron chi connectivity index (χ2n) is 4.56. The summed E-state index contributed by atoms with van der Waals surface area (Å²) in [6, 6.07) is 5.38. The quantitative estimate of drug-likeness (QED) is 0.789. The molecule has 0 amide bonds. The van der Waals surface area contributed by atoms with Gasteiger partial charge >= 0.3 is 0 Å². The summed E-state index contributed by atoms with van der Waals surface area (Å²) in [5, 5.41) is 9.14. The lowest BCUT2D eigenvalue weighted by molar-refractivity contribution is 0.0829. The highest BCUT2D eigenvalue weighted by atomic mass is 16.3. The number of hydrogen-bond acceptors (Lipinski definition) is 4. The van der Waals surface area contributed by atoms with E-state index in [2.05, 4.69) is 9.88 Å². The van der Waals surface area contributed by atoms with Crippen LogP contribution in [0.2, 0.25) is 0 Å². The Kier molecular flexibility index (Phi) is 4.23. The number of ketones is 1. The molecule has 1 aliphatic rings. The van der Waals surface area contributed by atoms with Gasteiger partial charge in [0, 0.05) is 19.3 Å². The van der Waals surface area contributed by atoms with Gasteiger partial charge in [0.05, 0.1) is 6.54 Å². The van der Waals surface area contributed by atoms with Crippen molar-refractivity contribution in [3.8, 4) is 0 Å². The molecule has 1 aromatic heterocycles. The van der Waals surface area contributed by atoms with Crippen LogP contribution in [0.4, 0.5) is 0 Å². The molecule has 1 atom stereocenters. The highest BCUT2D eigenvalue weighted by Gasteiger charge is 2.21. The lowest BCUT2D eigenvalue weighted by atomic mass is 9.99. The summed E-state index contributed by atoms with van der Waals surface area (Å²) in [5.74, 6) is 0.379. The number of carbonyl (C=O) groups is 1. The van der Waals surface area contributed by atoms with Gasteiger partial charge in [0.25, 0.3) is 0 Å². The summed E-state index contributed by atoms with van der Waals surface area (Å²) in [5.41, 5.74) is 0.527. The van der Waals surface area contributed by atoms with E-state index < -0.39 is 0 Å². The summed E-state index contributed by atoms with van der Waals surface area (Å²) < 4.78 is 0. The number of pyridine rings is 1. The average Bonchev–Trinajstić information content (AvgIpc) is 2.40. The minimum absolute atomic E-state index is 0.0594. The highest BCUT2D eigenvalue weighted by molar-refractivity contribution is 5.95. The SMILES string of the molecule is O=C(CN1CCC[C@H](CO)C1)c1ccccn1. The van der Waals surface area contributed by atoms with Gasteiger partial charge in [-0.25, -0.2) is 0 Å². The van der Waals surface area contributed by atoms with Crippen molar-refractivity contribution in [2.45, 2.75) is 12.8 Å². The minimum Gasteiger partial charge on any atom is -0.396 e. The number of aliphatic hydroxyl groups excluding tert-OH is 1. The van der Waals surface area contributed by atoms with E-state index in [0.717, 1.165) is 25.9 Å². The molecule has 4 heteroatoms. The molecule has 17 heavy (non-hydrogen) atoms. The molecule has 92 valence electrons. The Morgan fingerprint density at radius 1 is 1.53 bits per heavy atom. The smallest absolute Gasteiger partial charge is 0.195 e. The van der Waals surface area contributed by atoms with E-state index in [4.69, 9.17) is 5.11 Å². The zero-order chi connectivity index (χ0) is 12.1. The van der Waals surface area contributed by atoms with Crippen LogP contribution in [0.1, 0.15) is 23.3 Å². The summed E-state index contributed by atoms with van der Waals surface area (Å²) >= 11 is 0. The molecule has 1 N–H and O–H groups in total. The fraction of sp³-hybridized carbons (Fsp3) is 0.538. The maximum atomic E-state index is 11.9. The fourth-order valence-electron chi connectivity index (χ4n) is 2.26. The Morgan fingerprint density at radius 2 is 2.41 bits per heavy atom. The largest absolute Gasteiger partial charge is 0.396 e. The number of piperidine rings is 1. The van der Waals surface area contributed by atoms with E-state index in [0.29, 0.717) is 18.2 Å².